The number of carbonyl (C=O) groups is 1. The molecule has 37 heavy (non-hydrogen) atoms. The summed E-state index contributed by atoms with van der Waals surface area (Å²) in [7, 11) is 3.25. The Bertz CT molecular complexity index is 1180. The average molecular weight is 506 g/mol. The van der Waals surface area contributed by atoms with Crippen LogP contribution in [-0.4, -0.2) is 81.1 Å². The Labute approximate surface area is 218 Å². The molecule has 4 rings (SSSR count). The maximum absolute atomic E-state index is 12.8. The number of carbonyl (C=O) groups excluding carboxylic acids is 1. The Hall–Kier alpha value is -4.01. The Morgan fingerprint density at radius 2 is 1.68 bits per heavy atom. The molecule has 2 heterocycles. The second-order valence-electron chi connectivity index (χ2n) is 8.67. The predicted molar refractivity (Wildman–Crippen MR) is 145 cm³/mol. The Morgan fingerprint density at radius 1 is 0.892 bits per heavy atom. The summed E-state index contributed by atoms with van der Waals surface area (Å²) in [6.07, 6.45) is 0. The molecule has 0 aliphatic carbocycles. The van der Waals surface area contributed by atoms with Gasteiger partial charge in [-0.15, -0.1) is 10.2 Å². The lowest BCUT2D eigenvalue weighted by Gasteiger charge is -2.35. The van der Waals surface area contributed by atoms with Gasteiger partial charge in [-0.3, -0.25) is 4.79 Å². The van der Waals surface area contributed by atoms with E-state index < -0.39 is 0 Å². The number of hydrogen-bond donors (Lipinski definition) is 0. The third-order valence-corrected chi connectivity index (χ3v) is 6.60. The summed E-state index contributed by atoms with van der Waals surface area (Å²) in [5.41, 5.74) is 2.62. The van der Waals surface area contributed by atoms with E-state index in [-0.39, 0.29) is 12.5 Å². The molecule has 1 fully saturated rings. The quantitative estimate of drug-likeness (QED) is 0.412. The first kappa shape index (κ1) is 26.1. The molecular weight excluding hydrogens is 470 g/mol. The van der Waals surface area contributed by atoms with Crippen molar-refractivity contribution in [2.75, 3.05) is 69.9 Å². The van der Waals surface area contributed by atoms with E-state index in [1.54, 1.807) is 14.2 Å². The molecule has 2 aromatic carbocycles. The van der Waals surface area contributed by atoms with Crippen LogP contribution in [0.5, 0.6) is 17.2 Å². The monoisotopic (exact) mass is 505 g/mol. The molecule has 0 spiro atoms. The number of benzene rings is 2. The third-order valence-electron chi connectivity index (χ3n) is 6.60. The maximum Gasteiger partial charge on any atom is 0.260 e. The normalized spacial score (nSPS) is 13.3. The van der Waals surface area contributed by atoms with Crippen molar-refractivity contribution < 1.29 is 19.0 Å². The summed E-state index contributed by atoms with van der Waals surface area (Å²) < 4.78 is 16.6. The Morgan fingerprint density at radius 3 is 2.32 bits per heavy atom. The van der Waals surface area contributed by atoms with Crippen molar-refractivity contribution >= 4 is 17.4 Å². The lowest BCUT2D eigenvalue weighted by Crippen LogP contribution is -2.50. The summed E-state index contributed by atoms with van der Waals surface area (Å²) >= 11 is 0. The second-order valence-corrected chi connectivity index (χ2v) is 8.67. The topological polar surface area (TPSA) is 80.3 Å². The molecule has 1 saturated heterocycles. The Balaban J connectivity index is 1.31. The molecule has 1 aliphatic rings. The van der Waals surface area contributed by atoms with E-state index >= 15 is 0 Å². The van der Waals surface area contributed by atoms with E-state index in [9.17, 15) is 4.79 Å². The molecule has 9 nitrogen and oxygen atoms in total. The lowest BCUT2D eigenvalue weighted by molar-refractivity contribution is -0.133. The van der Waals surface area contributed by atoms with Crippen LogP contribution in [0, 0.1) is 0 Å². The molecular formula is C28H35N5O4. The van der Waals surface area contributed by atoms with E-state index in [0.29, 0.717) is 43.4 Å². The number of aromatic nitrogens is 2. The highest BCUT2D eigenvalue weighted by molar-refractivity contribution is 5.78. The maximum atomic E-state index is 12.8. The van der Waals surface area contributed by atoms with Gasteiger partial charge in [-0.25, -0.2) is 0 Å². The van der Waals surface area contributed by atoms with Crippen molar-refractivity contribution in [2.45, 2.75) is 13.8 Å². The molecule has 0 N–H and O–H groups in total. The fourth-order valence-corrected chi connectivity index (χ4v) is 4.43. The van der Waals surface area contributed by atoms with E-state index in [4.69, 9.17) is 14.2 Å². The minimum Gasteiger partial charge on any atom is -0.497 e. The van der Waals surface area contributed by atoms with Gasteiger partial charge in [-0.1, -0.05) is 6.07 Å². The number of methoxy groups -OCH3 is 2. The summed E-state index contributed by atoms with van der Waals surface area (Å²) in [6.45, 7) is 8.69. The third kappa shape index (κ3) is 6.22. The van der Waals surface area contributed by atoms with Gasteiger partial charge in [0.1, 0.15) is 17.2 Å². The largest absolute Gasteiger partial charge is 0.497 e. The summed E-state index contributed by atoms with van der Waals surface area (Å²) in [5.74, 6) is 2.90. The molecule has 0 saturated carbocycles. The molecule has 3 aromatic rings. The minimum atomic E-state index is -0.0144. The predicted octanol–water partition coefficient (Wildman–Crippen LogP) is 3.73. The minimum absolute atomic E-state index is 0.0144. The van der Waals surface area contributed by atoms with E-state index in [0.717, 1.165) is 35.9 Å². The SMILES string of the molecule is CCN(CC)c1cccc(OCC(=O)N2CCN(c3ccc(-c4cc(OC)ccc4OC)nn3)CC2)c1. The molecule has 0 bridgehead atoms. The van der Waals surface area contributed by atoms with Gasteiger partial charge in [0.15, 0.2) is 12.4 Å². The summed E-state index contributed by atoms with van der Waals surface area (Å²) in [6, 6.07) is 17.4. The standard InChI is InChI=1S/C28H35N5O4/c1-5-31(6-2)21-8-7-9-23(18-21)37-20-28(34)33-16-14-32(15-17-33)27-13-11-25(29-30-27)24-19-22(35-3)10-12-26(24)36-4/h7-13,18-19H,5-6,14-17,20H2,1-4H3. The van der Waals surface area contributed by atoms with Crippen LogP contribution >= 0.6 is 0 Å². The number of ether oxygens (including phenoxy) is 3. The Kier molecular flexibility index (Phi) is 8.66. The average Bonchev–Trinajstić information content (AvgIpc) is 2.96. The zero-order valence-corrected chi connectivity index (χ0v) is 22.0. The van der Waals surface area contributed by atoms with E-state index in [2.05, 4.69) is 39.9 Å². The van der Waals surface area contributed by atoms with Crippen molar-refractivity contribution in [2.24, 2.45) is 0 Å². The molecule has 9 heteroatoms. The van der Waals surface area contributed by atoms with Crippen LogP contribution in [0.3, 0.4) is 0 Å². The zero-order valence-electron chi connectivity index (χ0n) is 22.0. The van der Waals surface area contributed by atoms with Gasteiger partial charge in [0.25, 0.3) is 5.91 Å². The van der Waals surface area contributed by atoms with Crippen molar-refractivity contribution in [1.82, 2.24) is 15.1 Å². The van der Waals surface area contributed by atoms with E-state index in [1.165, 1.54) is 0 Å². The number of hydrogen-bond acceptors (Lipinski definition) is 8. The van der Waals surface area contributed by atoms with Crippen LogP contribution in [0.1, 0.15) is 13.8 Å². The summed E-state index contributed by atoms with van der Waals surface area (Å²) in [4.78, 5) is 19.0. The second kappa shape index (κ2) is 12.3. The highest BCUT2D eigenvalue weighted by atomic mass is 16.5. The molecule has 1 amide bonds. The van der Waals surface area contributed by atoms with Gasteiger partial charge in [0, 0.05) is 56.6 Å². The van der Waals surface area contributed by atoms with E-state index in [1.807, 2.05) is 53.4 Å². The van der Waals surface area contributed by atoms with Crippen LogP contribution in [0.2, 0.25) is 0 Å². The molecule has 0 unspecified atom stereocenters. The zero-order chi connectivity index (χ0) is 26.2. The highest BCUT2D eigenvalue weighted by Crippen LogP contribution is 2.32. The first-order chi connectivity index (χ1) is 18.1. The van der Waals surface area contributed by atoms with Crippen LogP contribution in [0.15, 0.2) is 54.6 Å². The van der Waals surface area contributed by atoms with Gasteiger partial charge in [-0.2, -0.15) is 0 Å². The van der Waals surface area contributed by atoms with Crippen LogP contribution in [0.4, 0.5) is 11.5 Å². The van der Waals surface area contributed by atoms with Crippen molar-refractivity contribution in [3.8, 4) is 28.5 Å². The fourth-order valence-electron chi connectivity index (χ4n) is 4.43. The number of amides is 1. The van der Waals surface area contributed by atoms with Crippen molar-refractivity contribution in [3.63, 3.8) is 0 Å². The highest BCUT2D eigenvalue weighted by Gasteiger charge is 2.23. The van der Waals surface area contributed by atoms with Crippen LogP contribution in [0.25, 0.3) is 11.3 Å². The van der Waals surface area contributed by atoms with Gasteiger partial charge < -0.3 is 28.9 Å². The molecule has 196 valence electrons. The van der Waals surface area contributed by atoms with Gasteiger partial charge in [0.05, 0.1) is 19.9 Å². The first-order valence-corrected chi connectivity index (χ1v) is 12.6. The first-order valence-electron chi connectivity index (χ1n) is 12.6. The smallest absolute Gasteiger partial charge is 0.260 e. The van der Waals surface area contributed by atoms with Gasteiger partial charge >= 0.3 is 0 Å². The lowest BCUT2D eigenvalue weighted by atomic mass is 10.1. The summed E-state index contributed by atoms with van der Waals surface area (Å²) in [5, 5.41) is 8.87. The number of nitrogens with zero attached hydrogens (tertiary/aromatic N) is 5. The van der Waals surface area contributed by atoms with Crippen LogP contribution < -0.4 is 24.0 Å². The fraction of sp³-hybridized carbons (Fsp3) is 0.393. The number of anilines is 2. The molecule has 1 aromatic heterocycles. The molecule has 0 radical (unpaired) electrons. The van der Waals surface area contributed by atoms with Crippen molar-refractivity contribution in [3.05, 3.63) is 54.6 Å². The molecule has 0 atom stereocenters. The number of rotatable bonds is 10. The molecule has 1 aliphatic heterocycles. The van der Waals surface area contributed by atoms with Crippen molar-refractivity contribution in [1.29, 1.82) is 0 Å². The van der Waals surface area contributed by atoms with Gasteiger partial charge in [-0.05, 0) is 56.3 Å². The van der Waals surface area contributed by atoms with Gasteiger partial charge in [0.2, 0.25) is 0 Å². The van der Waals surface area contributed by atoms with Crippen LogP contribution in [-0.2, 0) is 4.79 Å². The number of piperazine rings is 1.